The number of hydrogen-bond donors (Lipinski definition) is 2. The molecule has 3 N–H and O–H groups in total. The van der Waals surface area contributed by atoms with Crippen LogP contribution in [-0.4, -0.2) is 22.6 Å². The van der Waals surface area contributed by atoms with Crippen molar-refractivity contribution in [1.82, 2.24) is 9.97 Å². The minimum absolute atomic E-state index is 0.0832. The van der Waals surface area contributed by atoms with Gasteiger partial charge in [-0.3, -0.25) is 0 Å². The molecule has 1 rings (SSSR count). The van der Waals surface area contributed by atoms with Crippen LogP contribution in [0.3, 0.4) is 0 Å². The highest BCUT2D eigenvalue weighted by atomic mass is 15.1. The van der Waals surface area contributed by atoms with Gasteiger partial charge in [-0.15, -0.1) is 0 Å². The van der Waals surface area contributed by atoms with Crippen molar-refractivity contribution in [1.29, 1.82) is 0 Å². The maximum atomic E-state index is 5.82. The number of nitrogens with one attached hydrogen (secondary N) is 1. The van der Waals surface area contributed by atoms with E-state index in [4.69, 9.17) is 5.73 Å². The van der Waals surface area contributed by atoms with Gasteiger partial charge in [-0.2, -0.15) is 0 Å². The Hall–Kier alpha value is -1.16. The van der Waals surface area contributed by atoms with Gasteiger partial charge in [0.2, 0.25) is 5.95 Å². The summed E-state index contributed by atoms with van der Waals surface area (Å²) in [5, 5.41) is 3.36. The fourth-order valence-electron chi connectivity index (χ4n) is 1.74. The van der Waals surface area contributed by atoms with Gasteiger partial charge in [-0.25, -0.2) is 9.97 Å². The first-order chi connectivity index (χ1) is 8.24. The zero-order chi connectivity index (χ0) is 13.9. The van der Waals surface area contributed by atoms with E-state index < -0.39 is 0 Å². The first-order valence-corrected chi connectivity index (χ1v) is 6.56. The highest BCUT2D eigenvalue weighted by molar-refractivity contribution is 5.31. The lowest BCUT2D eigenvalue weighted by atomic mass is 9.87. The number of aryl methyl sites for hydroxylation is 1. The van der Waals surface area contributed by atoms with Gasteiger partial charge in [0.25, 0.3) is 0 Å². The van der Waals surface area contributed by atoms with E-state index in [0.717, 1.165) is 11.4 Å². The normalized spacial score (nSPS) is 13.8. The Kier molecular flexibility index (Phi) is 4.68. The molecule has 4 heteroatoms. The maximum Gasteiger partial charge on any atom is 0.223 e. The summed E-state index contributed by atoms with van der Waals surface area (Å²) in [4.78, 5) is 9.00. The van der Waals surface area contributed by atoms with Crippen molar-refractivity contribution in [2.24, 2.45) is 11.1 Å². The predicted octanol–water partition coefficient (Wildman–Crippen LogP) is 2.69. The summed E-state index contributed by atoms with van der Waals surface area (Å²) in [6.45, 7) is 13.3. The molecule has 0 aromatic carbocycles. The standard InChI is InChI=1S/C14H26N4/c1-9(2)11-7-10(3)16-13(17-11)18-12(8-15)14(4,5)6/h7,9,12H,8,15H2,1-6H3,(H,16,17,18). The Labute approximate surface area is 110 Å². The van der Waals surface area contributed by atoms with Gasteiger partial charge in [-0.05, 0) is 24.3 Å². The Morgan fingerprint density at radius 3 is 2.33 bits per heavy atom. The fourth-order valence-corrected chi connectivity index (χ4v) is 1.74. The number of aromatic nitrogens is 2. The van der Waals surface area contributed by atoms with Crippen LogP contribution >= 0.6 is 0 Å². The van der Waals surface area contributed by atoms with E-state index in [9.17, 15) is 0 Å². The van der Waals surface area contributed by atoms with Crippen LogP contribution in [0.1, 0.15) is 51.9 Å². The quantitative estimate of drug-likeness (QED) is 0.862. The molecule has 102 valence electrons. The lowest BCUT2D eigenvalue weighted by Gasteiger charge is -2.30. The molecule has 0 aliphatic carbocycles. The molecular formula is C14H26N4. The minimum Gasteiger partial charge on any atom is -0.350 e. The van der Waals surface area contributed by atoms with Crippen LogP contribution in [0.4, 0.5) is 5.95 Å². The summed E-state index contributed by atoms with van der Waals surface area (Å²) < 4.78 is 0. The molecule has 0 amide bonds. The SMILES string of the molecule is Cc1cc(C(C)C)nc(NC(CN)C(C)(C)C)n1. The molecule has 0 fully saturated rings. The van der Waals surface area contributed by atoms with E-state index in [1.165, 1.54) is 0 Å². The van der Waals surface area contributed by atoms with Crippen molar-refractivity contribution in [3.05, 3.63) is 17.5 Å². The lowest BCUT2D eigenvalue weighted by molar-refractivity contribution is 0.344. The van der Waals surface area contributed by atoms with Gasteiger partial charge in [0.1, 0.15) is 0 Å². The van der Waals surface area contributed by atoms with Crippen molar-refractivity contribution in [3.63, 3.8) is 0 Å². The molecule has 18 heavy (non-hydrogen) atoms. The summed E-state index contributed by atoms with van der Waals surface area (Å²) in [7, 11) is 0. The molecule has 0 saturated carbocycles. The summed E-state index contributed by atoms with van der Waals surface area (Å²) in [6, 6.07) is 2.20. The van der Waals surface area contributed by atoms with Crippen molar-refractivity contribution in [2.45, 2.75) is 53.5 Å². The third kappa shape index (κ3) is 3.95. The monoisotopic (exact) mass is 250 g/mol. The highest BCUT2D eigenvalue weighted by Crippen LogP contribution is 2.22. The summed E-state index contributed by atoms with van der Waals surface area (Å²) in [5.74, 6) is 1.09. The maximum absolute atomic E-state index is 5.82. The molecule has 0 spiro atoms. The first-order valence-electron chi connectivity index (χ1n) is 6.56. The lowest BCUT2D eigenvalue weighted by Crippen LogP contribution is -2.41. The molecule has 0 saturated heterocycles. The number of anilines is 1. The molecule has 4 nitrogen and oxygen atoms in total. The van der Waals surface area contributed by atoms with E-state index in [-0.39, 0.29) is 11.5 Å². The van der Waals surface area contributed by atoms with Gasteiger partial charge in [0, 0.05) is 24.0 Å². The third-order valence-electron chi connectivity index (χ3n) is 3.05. The van der Waals surface area contributed by atoms with E-state index in [1.54, 1.807) is 0 Å². The molecular weight excluding hydrogens is 224 g/mol. The van der Waals surface area contributed by atoms with E-state index in [0.29, 0.717) is 18.4 Å². The van der Waals surface area contributed by atoms with Gasteiger partial charge >= 0.3 is 0 Å². The van der Waals surface area contributed by atoms with Crippen LogP contribution in [-0.2, 0) is 0 Å². The average Bonchev–Trinajstić information content (AvgIpc) is 2.23. The second-order valence-electron chi connectivity index (χ2n) is 6.21. The highest BCUT2D eigenvalue weighted by Gasteiger charge is 2.24. The Morgan fingerprint density at radius 2 is 1.89 bits per heavy atom. The smallest absolute Gasteiger partial charge is 0.223 e. The minimum atomic E-state index is 0.0832. The van der Waals surface area contributed by atoms with Gasteiger partial charge in [0.05, 0.1) is 0 Å². The van der Waals surface area contributed by atoms with Gasteiger partial charge in [-0.1, -0.05) is 34.6 Å². The van der Waals surface area contributed by atoms with Crippen LogP contribution in [0.25, 0.3) is 0 Å². The van der Waals surface area contributed by atoms with Crippen molar-refractivity contribution >= 4 is 5.95 Å². The van der Waals surface area contributed by atoms with Gasteiger partial charge < -0.3 is 11.1 Å². The molecule has 1 heterocycles. The summed E-state index contributed by atoms with van der Waals surface area (Å²) in [5.41, 5.74) is 7.96. The Bertz CT molecular complexity index is 393. The van der Waals surface area contributed by atoms with Crippen molar-refractivity contribution in [2.75, 3.05) is 11.9 Å². The fraction of sp³-hybridized carbons (Fsp3) is 0.714. The summed E-state index contributed by atoms with van der Waals surface area (Å²) in [6.07, 6.45) is 0. The number of hydrogen-bond acceptors (Lipinski definition) is 4. The van der Waals surface area contributed by atoms with Crippen molar-refractivity contribution < 1.29 is 0 Å². The van der Waals surface area contributed by atoms with Crippen LogP contribution in [0.5, 0.6) is 0 Å². The third-order valence-corrected chi connectivity index (χ3v) is 3.05. The van der Waals surface area contributed by atoms with Crippen molar-refractivity contribution in [3.8, 4) is 0 Å². The van der Waals surface area contributed by atoms with E-state index in [2.05, 4.69) is 49.9 Å². The first kappa shape index (κ1) is 14.9. The Morgan fingerprint density at radius 1 is 1.28 bits per heavy atom. The average molecular weight is 250 g/mol. The van der Waals surface area contributed by atoms with Crippen LogP contribution in [0.15, 0.2) is 6.07 Å². The van der Waals surface area contributed by atoms with E-state index in [1.807, 2.05) is 13.0 Å². The molecule has 1 aromatic heterocycles. The topological polar surface area (TPSA) is 63.8 Å². The molecule has 1 unspecified atom stereocenters. The zero-order valence-corrected chi connectivity index (χ0v) is 12.4. The molecule has 0 aliphatic heterocycles. The second kappa shape index (κ2) is 5.65. The number of rotatable bonds is 4. The molecule has 0 aliphatic rings. The number of nitrogens with two attached hydrogens (primary N) is 1. The molecule has 0 radical (unpaired) electrons. The molecule has 0 bridgehead atoms. The number of nitrogens with zero attached hydrogens (tertiary/aromatic N) is 2. The van der Waals surface area contributed by atoms with Crippen LogP contribution in [0.2, 0.25) is 0 Å². The zero-order valence-electron chi connectivity index (χ0n) is 12.4. The molecule has 1 atom stereocenters. The Balaban J connectivity index is 2.96. The largest absolute Gasteiger partial charge is 0.350 e. The predicted molar refractivity (Wildman–Crippen MR) is 76.8 cm³/mol. The van der Waals surface area contributed by atoms with E-state index >= 15 is 0 Å². The molecule has 1 aromatic rings. The van der Waals surface area contributed by atoms with Crippen LogP contribution in [0, 0.1) is 12.3 Å². The second-order valence-corrected chi connectivity index (χ2v) is 6.21. The summed E-state index contributed by atoms with van der Waals surface area (Å²) >= 11 is 0. The van der Waals surface area contributed by atoms with Crippen LogP contribution < -0.4 is 11.1 Å². The van der Waals surface area contributed by atoms with Gasteiger partial charge in [0.15, 0.2) is 0 Å².